The van der Waals surface area contributed by atoms with Gasteiger partial charge < -0.3 is 0 Å². The SMILES string of the molecule is CC(=O)Cc1cc(C#N)ccc1C. The highest BCUT2D eigenvalue weighted by Gasteiger charge is 2.02. The van der Waals surface area contributed by atoms with Crippen molar-refractivity contribution < 1.29 is 4.79 Å². The van der Waals surface area contributed by atoms with Crippen LogP contribution in [0.2, 0.25) is 0 Å². The Morgan fingerprint density at radius 2 is 2.23 bits per heavy atom. The summed E-state index contributed by atoms with van der Waals surface area (Å²) in [5, 5.41) is 8.65. The molecule has 0 amide bonds. The number of benzene rings is 1. The van der Waals surface area contributed by atoms with Gasteiger partial charge in [-0.05, 0) is 37.1 Å². The predicted molar refractivity (Wildman–Crippen MR) is 50.3 cm³/mol. The van der Waals surface area contributed by atoms with Crippen molar-refractivity contribution in [3.8, 4) is 6.07 Å². The van der Waals surface area contributed by atoms with Crippen molar-refractivity contribution in [2.24, 2.45) is 0 Å². The van der Waals surface area contributed by atoms with Gasteiger partial charge in [0, 0.05) is 6.42 Å². The highest BCUT2D eigenvalue weighted by atomic mass is 16.1. The molecule has 0 bridgehead atoms. The normalized spacial score (nSPS) is 9.31. The fraction of sp³-hybridized carbons (Fsp3) is 0.273. The van der Waals surface area contributed by atoms with E-state index in [0.29, 0.717) is 12.0 Å². The summed E-state index contributed by atoms with van der Waals surface area (Å²) < 4.78 is 0. The van der Waals surface area contributed by atoms with Gasteiger partial charge in [0.05, 0.1) is 11.6 Å². The summed E-state index contributed by atoms with van der Waals surface area (Å²) >= 11 is 0. The molecule has 0 N–H and O–H groups in total. The Hall–Kier alpha value is -1.62. The van der Waals surface area contributed by atoms with Crippen molar-refractivity contribution in [2.75, 3.05) is 0 Å². The number of ketones is 1. The molecule has 0 atom stereocenters. The predicted octanol–water partition coefficient (Wildman–Crippen LogP) is 2.00. The molecule has 0 aliphatic heterocycles. The lowest BCUT2D eigenvalue weighted by Crippen LogP contribution is -1.99. The fourth-order valence-corrected chi connectivity index (χ4v) is 1.20. The largest absolute Gasteiger partial charge is 0.300 e. The van der Waals surface area contributed by atoms with Gasteiger partial charge in [-0.15, -0.1) is 0 Å². The first-order valence-electron chi connectivity index (χ1n) is 4.12. The van der Waals surface area contributed by atoms with E-state index in [1.807, 2.05) is 13.0 Å². The third-order valence-electron chi connectivity index (χ3n) is 1.92. The van der Waals surface area contributed by atoms with Crippen LogP contribution < -0.4 is 0 Å². The van der Waals surface area contributed by atoms with Crippen LogP contribution in [-0.4, -0.2) is 5.78 Å². The first-order chi connectivity index (χ1) is 6.13. The van der Waals surface area contributed by atoms with Gasteiger partial charge in [0.25, 0.3) is 0 Å². The van der Waals surface area contributed by atoms with Crippen LogP contribution >= 0.6 is 0 Å². The second-order valence-electron chi connectivity index (χ2n) is 3.13. The Balaban J connectivity index is 3.05. The van der Waals surface area contributed by atoms with Gasteiger partial charge >= 0.3 is 0 Å². The summed E-state index contributed by atoms with van der Waals surface area (Å²) in [7, 11) is 0. The maximum atomic E-state index is 10.9. The molecule has 0 aromatic heterocycles. The highest BCUT2D eigenvalue weighted by Crippen LogP contribution is 2.11. The number of hydrogen-bond acceptors (Lipinski definition) is 2. The molecule has 0 spiro atoms. The molecular formula is C11H11NO. The second-order valence-corrected chi connectivity index (χ2v) is 3.13. The standard InChI is InChI=1S/C11H11NO/c1-8-3-4-10(7-12)6-11(8)5-9(2)13/h3-4,6H,5H2,1-2H3. The van der Waals surface area contributed by atoms with Gasteiger partial charge in [-0.1, -0.05) is 6.07 Å². The Kier molecular flexibility index (Phi) is 2.81. The number of rotatable bonds is 2. The zero-order valence-corrected chi connectivity index (χ0v) is 7.79. The van der Waals surface area contributed by atoms with Crippen LogP contribution in [0.4, 0.5) is 0 Å². The molecule has 1 aromatic carbocycles. The van der Waals surface area contributed by atoms with Crippen molar-refractivity contribution in [3.63, 3.8) is 0 Å². The number of hydrogen-bond donors (Lipinski definition) is 0. The van der Waals surface area contributed by atoms with E-state index >= 15 is 0 Å². The van der Waals surface area contributed by atoms with Gasteiger partial charge in [0.1, 0.15) is 5.78 Å². The number of nitrogens with zero attached hydrogens (tertiary/aromatic N) is 1. The van der Waals surface area contributed by atoms with Gasteiger partial charge in [-0.25, -0.2) is 0 Å². The summed E-state index contributed by atoms with van der Waals surface area (Å²) in [5.74, 6) is 0.123. The molecule has 0 fully saturated rings. The van der Waals surface area contributed by atoms with Crippen molar-refractivity contribution in [2.45, 2.75) is 20.3 Å². The Morgan fingerprint density at radius 3 is 2.77 bits per heavy atom. The van der Waals surface area contributed by atoms with E-state index in [0.717, 1.165) is 11.1 Å². The van der Waals surface area contributed by atoms with Gasteiger partial charge in [0.2, 0.25) is 0 Å². The average Bonchev–Trinajstić information content (AvgIpc) is 2.08. The van der Waals surface area contributed by atoms with Crippen LogP contribution in [0.15, 0.2) is 18.2 Å². The van der Waals surface area contributed by atoms with E-state index in [9.17, 15) is 4.79 Å². The molecule has 66 valence electrons. The molecule has 0 unspecified atom stereocenters. The Bertz CT molecular complexity index is 374. The van der Waals surface area contributed by atoms with E-state index < -0.39 is 0 Å². The monoisotopic (exact) mass is 173 g/mol. The lowest BCUT2D eigenvalue weighted by molar-refractivity contribution is -0.116. The number of aryl methyl sites for hydroxylation is 1. The van der Waals surface area contributed by atoms with Gasteiger partial charge in [0.15, 0.2) is 0 Å². The number of Topliss-reactive ketones (excluding diaryl/α,β-unsaturated/α-hetero) is 1. The number of carbonyl (C=O) groups excluding carboxylic acids is 1. The van der Waals surface area contributed by atoms with E-state index in [-0.39, 0.29) is 5.78 Å². The van der Waals surface area contributed by atoms with Crippen LogP contribution in [0.3, 0.4) is 0 Å². The molecule has 0 heterocycles. The maximum Gasteiger partial charge on any atom is 0.134 e. The van der Waals surface area contributed by atoms with Crippen LogP contribution in [0.5, 0.6) is 0 Å². The van der Waals surface area contributed by atoms with Crippen molar-refractivity contribution in [1.29, 1.82) is 5.26 Å². The third kappa shape index (κ3) is 2.41. The van der Waals surface area contributed by atoms with Crippen molar-refractivity contribution in [1.82, 2.24) is 0 Å². The summed E-state index contributed by atoms with van der Waals surface area (Å²) in [6, 6.07) is 7.47. The molecule has 13 heavy (non-hydrogen) atoms. The Labute approximate surface area is 77.8 Å². The van der Waals surface area contributed by atoms with Crippen LogP contribution in [0.25, 0.3) is 0 Å². The zero-order chi connectivity index (χ0) is 9.84. The molecule has 2 nitrogen and oxygen atoms in total. The molecule has 1 aromatic rings. The molecular weight excluding hydrogens is 162 g/mol. The summed E-state index contributed by atoms with van der Waals surface area (Å²) in [5.41, 5.74) is 2.63. The summed E-state index contributed by atoms with van der Waals surface area (Å²) in [6.45, 7) is 3.50. The van der Waals surface area contributed by atoms with E-state index in [4.69, 9.17) is 5.26 Å². The van der Waals surface area contributed by atoms with Gasteiger partial charge in [-0.2, -0.15) is 5.26 Å². The van der Waals surface area contributed by atoms with E-state index in [1.165, 1.54) is 0 Å². The van der Waals surface area contributed by atoms with Crippen LogP contribution in [0, 0.1) is 18.3 Å². The molecule has 2 heteroatoms. The van der Waals surface area contributed by atoms with Gasteiger partial charge in [-0.3, -0.25) is 4.79 Å². The molecule has 0 aliphatic carbocycles. The third-order valence-corrected chi connectivity index (χ3v) is 1.92. The zero-order valence-electron chi connectivity index (χ0n) is 7.79. The lowest BCUT2D eigenvalue weighted by Gasteiger charge is -2.02. The fourth-order valence-electron chi connectivity index (χ4n) is 1.20. The smallest absolute Gasteiger partial charge is 0.134 e. The minimum atomic E-state index is 0.123. The minimum absolute atomic E-state index is 0.123. The van der Waals surface area contributed by atoms with Crippen LogP contribution in [0.1, 0.15) is 23.6 Å². The van der Waals surface area contributed by atoms with E-state index in [1.54, 1.807) is 19.1 Å². The van der Waals surface area contributed by atoms with Crippen LogP contribution in [-0.2, 0) is 11.2 Å². The quantitative estimate of drug-likeness (QED) is 0.686. The first-order valence-corrected chi connectivity index (χ1v) is 4.12. The molecule has 1 rings (SSSR count). The molecule has 0 aliphatic rings. The van der Waals surface area contributed by atoms with E-state index in [2.05, 4.69) is 6.07 Å². The van der Waals surface area contributed by atoms with Crippen molar-refractivity contribution >= 4 is 5.78 Å². The van der Waals surface area contributed by atoms with Crippen molar-refractivity contribution in [3.05, 3.63) is 34.9 Å². The average molecular weight is 173 g/mol. The molecule has 0 radical (unpaired) electrons. The summed E-state index contributed by atoms with van der Waals surface area (Å²) in [6.07, 6.45) is 0.418. The second kappa shape index (κ2) is 3.86. The molecule has 0 saturated carbocycles. The number of nitriles is 1. The topological polar surface area (TPSA) is 40.9 Å². The maximum absolute atomic E-state index is 10.9. The summed E-state index contributed by atoms with van der Waals surface area (Å²) in [4.78, 5) is 10.9. The molecule has 0 saturated heterocycles. The first kappa shape index (κ1) is 9.47. The number of carbonyl (C=O) groups is 1. The Morgan fingerprint density at radius 1 is 1.54 bits per heavy atom. The lowest BCUT2D eigenvalue weighted by atomic mass is 10.0. The highest BCUT2D eigenvalue weighted by molar-refractivity contribution is 5.78. The minimum Gasteiger partial charge on any atom is -0.300 e.